The van der Waals surface area contributed by atoms with Crippen molar-refractivity contribution in [3.63, 3.8) is 0 Å². The Hall–Kier alpha value is -7.10. The van der Waals surface area contributed by atoms with Crippen LogP contribution in [0.3, 0.4) is 0 Å². The minimum absolute atomic E-state index is 0.0542. The SMILES string of the molecule is CCCCOCCn1nc2c(-c3ccc(N(c4ccccc4)c4ccccc4)cc3)c3n[n+](CC(C)(C)C)[n-]c3c(-c3ccc(N(c4ccccc4)c4ccccc4)cc3)c2n1. The molecule has 2 heterocycles. The fourth-order valence-corrected chi connectivity index (χ4v) is 7.99. The largest absolute Gasteiger partial charge is 0.379 e. The summed E-state index contributed by atoms with van der Waals surface area (Å²) in [7, 11) is 0. The van der Waals surface area contributed by atoms with Gasteiger partial charge in [-0.25, -0.2) is 0 Å². The van der Waals surface area contributed by atoms with E-state index in [-0.39, 0.29) is 5.41 Å². The summed E-state index contributed by atoms with van der Waals surface area (Å²) in [4.78, 5) is 8.18. The fraction of sp³-hybridized carbons (Fsp3) is 0.208. The van der Waals surface area contributed by atoms with Crippen LogP contribution in [0.25, 0.3) is 44.3 Å². The van der Waals surface area contributed by atoms with Crippen LogP contribution in [-0.4, -0.2) is 33.3 Å². The summed E-state index contributed by atoms with van der Waals surface area (Å²) in [6.07, 6.45) is 2.11. The predicted molar refractivity (Wildman–Crippen MR) is 252 cm³/mol. The minimum Gasteiger partial charge on any atom is -0.379 e. The molecule has 0 unspecified atom stereocenters. The van der Waals surface area contributed by atoms with Gasteiger partial charge in [0.05, 0.1) is 13.2 Å². The zero-order valence-corrected chi connectivity index (χ0v) is 35.9. The van der Waals surface area contributed by atoms with E-state index in [1.165, 1.54) is 0 Å². The first kappa shape index (κ1) is 40.3. The number of fused-ring (bicyclic) bond motifs is 2. The topological polar surface area (TPSA) is 77.3 Å². The van der Waals surface area contributed by atoms with Crippen LogP contribution in [0.4, 0.5) is 34.1 Å². The third-order valence-corrected chi connectivity index (χ3v) is 10.8. The summed E-state index contributed by atoms with van der Waals surface area (Å²) in [5, 5.41) is 21.0. The summed E-state index contributed by atoms with van der Waals surface area (Å²) < 4.78 is 6.01. The minimum atomic E-state index is -0.0542. The molecule has 0 amide bonds. The van der Waals surface area contributed by atoms with Gasteiger partial charge in [0.2, 0.25) is 0 Å². The van der Waals surface area contributed by atoms with Crippen LogP contribution in [0.2, 0.25) is 0 Å². The number of rotatable bonds is 15. The van der Waals surface area contributed by atoms with Gasteiger partial charge in [0, 0.05) is 68.3 Å². The van der Waals surface area contributed by atoms with E-state index in [2.05, 4.69) is 183 Å². The maximum atomic E-state index is 6.01. The number of unbranched alkanes of at least 4 members (excludes halogenated alkanes) is 1. The lowest BCUT2D eigenvalue weighted by molar-refractivity contribution is -0.813. The van der Waals surface area contributed by atoms with Gasteiger partial charge < -0.3 is 14.5 Å². The first-order valence-electron chi connectivity index (χ1n) is 21.6. The van der Waals surface area contributed by atoms with Crippen molar-refractivity contribution in [1.29, 1.82) is 0 Å². The van der Waals surface area contributed by atoms with E-state index in [4.69, 9.17) is 25.1 Å². The second kappa shape index (κ2) is 17.9. The van der Waals surface area contributed by atoms with Gasteiger partial charge in [-0.05, 0) is 90.3 Å². The lowest BCUT2D eigenvalue weighted by Gasteiger charge is -2.25. The monoisotopic (exact) mass is 816 g/mol. The van der Waals surface area contributed by atoms with Crippen molar-refractivity contribution >= 4 is 56.2 Å². The highest BCUT2D eigenvalue weighted by atomic mass is 16.5. The molecule has 2 aromatic heterocycles. The van der Waals surface area contributed by atoms with Crippen LogP contribution in [0, 0.1) is 5.41 Å². The Morgan fingerprint density at radius 1 is 0.532 bits per heavy atom. The molecule has 0 aliphatic rings. The fourth-order valence-electron chi connectivity index (χ4n) is 7.99. The molecule has 0 atom stereocenters. The molecule has 7 aromatic carbocycles. The summed E-state index contributed by atoms with van der Waals surface area (Å²) in [5.74, 6) is 0. The molecule has 0 N–H and O–H groups in total. The van der Waals surface area contributed by atoms with Crippen LogP contribution in [-0.2, 0) is 17.8 Å². The van der Waals surface area contributed by atoms with E-state index in [0.29, 0.717) is 26.3 Å². The van der Waals surface area contributed by atoms with E-state index in [0.717, 1.165) is 91.3 Å². The maximum Gasteiger partial charge on any atom is 0.167 e. The predicted octanol–water partition coefficient (Wildman–Crippen LogP) is 12.4. The molecule has 0 saturated carbocycles. The molecule has 9 rings (SSSR count). The lowest BCUT2D eigenvalue weighted by Crippen LogP contribution is -2.45. The molecular formula is C53H52N8O. The Labute approximate surface area is 363 Å². The quantitative estimate of drug-likeness (QED) is 0.0753. The number of anilines is 6. The van der Waals surface area contributed by atoms with Crippen LogP contribution >= 0.6 is 0 Å². The zero-order chi connectivity index (χ0) is 42.5. The number of hydrogen-bond acceptors (Lipinski definition) is 6. The molecule has 62 heavy (non-hydrogen) atoms. The average Bonchev–Trinajstić information content (AvgIpc) is 3.90. The maximum absolute atomic E-state index is 6.01. The zero-order valence-electron chi connectivity index (χ0n) is 35.9. The van der Waals surface area contributed by atoms with Gasteiger partial charge in [-0.1, -0.05) is 131 Å². The molecule has 9 heteroatoms. The van der Waals surface area contributed by atoms with Gasteiger partial charge in [-0.2, -0.15) is 30.0 Å². The first-order chi connectivity index (χ1) is 30.3. The summed E-state index contributed by atoms with van der Waals surface area (Å²) >= 11 is 0. The number of ether oxygens (including phenoxy) is 1. The average molecular weight is 817 g/mol. The van der Waals surface area contributed by atoms with Crippen LogP contribution in [0.1, 0.15) is 40.5 Å². The van der Waals surface area contributed by atoms with Crippen LogP contribution < -0.4 is 19.7 Å². The van der Waals surface area contributed by atoms with E-state index in [9.17, 15) is 0 Å². The summed E-state index contributed by atoms with van der Waals surface area (Å²) in [5.41, 5.74) is 13.3. The van der Waals surface area contributed by atoms with E-state index in [1.54, 1.807) is 4.80 Å². The molecule has 0 saturated heterocycles. The van der Waals surface area contributed by atoms with Gasteiger partial charge >= 0.3 is 0 Å². The highest BCUT2D eigenvalue weighted by Crippen LogP contribution is 2.43. The second-order valence-electron chi connectivity index (χ2n) is 16.8. The van der Waals surface area contributed by atoms with Crippen molar-refractivity contribution < 1.29 is 9.53 Å². The number of aromatic nitrogens is 6. The van der Waals surface area contributed by atoms with Gasteiger partial charge in [0.25, 0.3) is 0 Å². The number of benzene rings is 7. The molecule has 0 fully saturated rings. The highest BCUT2D eigenvalue weighted by molar-refractivity contribution is 6.16. The Morgan fingerprint density at radius 2 is 0.952 bits per heavy atom. The van der Waals surface area contributed by atoms with Crippen LogP contribution in [0.5, 0.6) is 0 Å². The van der Waals surface area contributed by atoms with Gasteiger partial charge in [0.15, 0.2) is 6.54 Å². The number of para-hydroxylation sites is 4. The Balaban J connectivity index is 1.21. The van der Waals surface area contributed by atoms with Gasteiger partial charge in [0.1, 0.15) is 11.0 Å². The number of hydrogen-bond donors (Lipinski definition) is 0. The van der Waals surface area contributed by atoms with E-state index in [1.807, 2.05) is 29.1 Å². The van der Waals surface area contributed by atoms with Gasteiger partial charge in [-0.15, -0.1) is 0 Å². The second-order valence-corrected chi connectivity index (χ2v) is 16.8. The van der Waals surface area contributed by atoms with Gasteiger partial charge in [-0.3, -0.25) is 0 Å². The Kier molecular flexibility index (Phi) is 11.6. The summed E-state index contributed by atoms with van der Waals surface area (Å²) in [6, 6.07) is 59.3. The molecule has 310 valence electrons. The number of nitrogens with zero attached hydrogens (tertiary/aromatic N) is 8. The third kappa shape index (κ3) is 8.58. The Bertz CT molecular complexity index is 2590. The van der Waals surface area contributed by atoms with Crippen molar-refractivity contribution in [2.75, 3.05) is 23.0 Å². The smallest absolute Gasteiger partial charge is 0.167 e. The summed E-state index contributed by atoms with van der Waals surface area (Å²) in [6.45, 7) is 11.2. The first-order valence-corrected chi connectivity index (χ1v) is 21.6. The molecular weight excluding hydrogens is 765 g/mol. The standard InChI is InChI=1S/C53H52N8O/c1-5-6-36-62-37-35-58-54-49-47(39-27-31-45(32-28-39)60(41-19-11-7-12-20-41)42-21-13-8-14-22-42)51-52(57-59(56-51)38-53(2,3)4)48(50(49)55-58)40-29-33-46(34-30-40)61(43-23-15-9-16-24-43)44-25-17-10-18-26-44/h7-34H,5-6,35-38H2,1-4H3. The van der Waals surface area contributed by atoms with Crippen LogP contribution in [0.15, 0.2) is 170 Å². The lowest BCUT2D eigenvalue weighted by atomic mass is 9.95. The van der Waals surface area contributed by atoms with E-state index < -0.39 is 0 Å². The molecule has 0 radical (unpaired) electrons. The van der Waals surface area contributed by atoms with E-state index >= 15 is 0 Å². The van der Waals surface area contributed by atoms with Crippen molar-refractivity contribution in [3.8, 4) is 22.3 Å². The molecule has 9 aromatic rings. The van der Waals surface area contributed by atoms with Crippen molar-refractivity contribution in [3.05, 3.63) is 170 Å². The molecule has 0 bridgehead atoms. The molecule has 0 aliphatic heterocycles. The Morgan fingerprint density at radius 3 is 1.39 bits per heavy atom. The van der Waals surface area contributed by atoms with Crippen molar-refractivity contribution in [1.82, 2.24) is 25.2 Å². The van der Waals surface area contributed by atoms with Crippen molar-refractivity contribution in [2.24, 2.45) is 5.41 Å². The molecule has 9 nitrogen and oxygen atoms in total. The highest BCUT2D eigenvalue weighted by Gasteiger charge is 2.25. The van der Waals surface area contributed by atoms with Crippen molar-refractivity contribution in [2.45, 2.75) is 53.6 Å². The molecule has 0 spiro atoms. The third-order valence-electron chi connectivity index (χ3n) is 10.8. The normalized spacial score (nSPS) is 11.7. The molecule has 0 aliphatic carbocycles.